The highest BCUT2D eigenvalue weighted by Gasteiger charge is 2.22. The molecule has 2 atom stereocenters. The van der Waals surface area contributed by atoms with E-state index < -0.39 is 0 Å². The van der Waals surface area contributed by atoms with E-state index in [9.17, 15) is 4.79 Å². The quantitative estimate of drug-likeness (QED) is 0.669. The van der Waals surface area contributed by atoms with Gasteiger partial charge in [0.25, 0.3) is 0 Å². The summed E-state index contributed by atoms with van der Waals surface area (Å²) in [5.74, 6) is -0.0492. The van der Waals surface area contributed by atoms with Crippen LogP contribution in [-0.2, 0) is 9.53 Å². The summed E-state index contributed by atoms with van der Waals surface area (Å²) in [5, 5.41) is 3.16. The summed E-state index contributed by atoms with van der Waals surface area (Å²) >= 11 is 0. The van der Waals surface area contributed by atoms with Gasteiger partial charge in [-0.1, -0.05) is 13.8 Å². The second-order valence-corrected chi connectivity index (χ2v) is 4.17. The van der Waals surface area contributed by atoms with Crippen molar-refractivity contribution >= 4 is 5.91 Å². The molecule has 4 nitrogen and oxygen atoms in total. The van der Waals surface area contributed by atoms with E-state index in [0.717, 1.165) is 26.0 Å². The summed E-state index contributed by atoms with van der Waals surface area (Å²) in [6.45, 7) is 5.54. The third-order valence-electron chi connectivity index (χ3n) is 2.56. The minimum absolute atomic E-state index is 0.230. The molecule has 0 radical (unpaired) electrons. The van der Waals surface area contributed by atoms with Crippen molar-refractivity contribution in [3.05, 3.63) is 0 Å². The van der Waals surface area contributed by atoms with Crippen LogP contribution in [-0.4, -0.2) is 31.2 Å². The van der Waals surface area contributed by atoms with Crippen LogP contribution in [0.1, 0.15) is 26.7 Å². The lowest BCUT2D eigenvalue weighted by Gasteiger charge is -2.20. The van der Waals surface area contributed by atoms with Gasteiger partial charge < -0.3 is 15.8 Å². The topological polar surface area (TPSA) is 64.3 Å². The SMILES string of the molecule is CC(C)C(NCC1CCCO1)C(N)=O. The molecule has 3 N–H and O–H groups in total. The number of carbonyl (C=O) groups is 1. The summed E-state index contributed by atoms with van der Waals surface area (Å²) in [6, 6.07) is -0.237. The fourth-order valence-electron chi connectivity index (χ4n) is 1.73. The molecule has 0 aromatic carbocycles. The van der Waals surface area contributed by atoms with Crippen molar-refractivity contribution in [1.29, 1.82) is 0 Å². The lowest BCUT2D eigenvalue weighted by Crippen LogP contribution is -2.47. The Morgan fingerprint density at radius 1 is 1.64 bits per heavy atom. The molecule has 1 heterocycles. The van der Waals surface area contributed by atoms with E-state index in [1.807, 2.05) is 13.8 Å². The molecule has 1 aliphatic heterocycles. The molecule has 1 saturated heterocycles. The smallest absolute Gasteiger partial charge is 0.234 e. The second kappa shape index (κ2) is 5.32. The number of primary amides is 1. The highest BCUT2D eigenvalue weighted by molar-refractivity contribution is 5.80. The maximum atomic E-state index is 11.1. The third-order valence-corrected chi connectivity index (χ3v) is 2.56. The molecule has 0 aromatic rings. The highest BCUT2D eigenvalue weighted by atomic mass is 16.5. The maximum Gasteiger partial charge on any atom is 0.234 e. The summed E-state index contributed by atoms with van der Waals surface area (Å²) in [5.41, 5.74) is 5.28. The van der Waals surface area contributed by atoms with Crippen LogP contribution in [0, 0.1) is 5.92 Å². The Kier molecular flexibility index (Phi) is 4.35. The van der Waals surface area contributed by atoms with Gasteiger partial charge in [0, 0.05) is 13.2 Å². The van der Waals surface area contributed by atoms with Crippen molar-refractivity contribution in [3.8, 4) is 0 Å². The first kappa shape index (κ1) is 11.5. The van der Waals surface area contributed by atoms with Crippen LogP contribution < -0.4 is 11.1 Å². The van der Waals surface area contributed by atoms with Crippen LogP contribution in [0.2, 0.25) is 0 Å². The number of ether oxygens (including phenoxy) is 1. The van der Waals surface area contributed by atoms with Crippen molar-refractivity contribution in [1.82, 2.24) is 5.32 Å². The van der Waals surface area contributed by atoms with E-state index in [0.29, 0.717) is 0 Å². The van der Waals surface area contributed by atoms with E-state index >= 15 is 0 Å². The Bertz CT molecular complexity index is 189. The van der Waals surface area contributed by atoms with Gasteiger partial charge in [0.1, 0.15) is 0 Å². The standard InChI is InChI=1S/C10H20N2O2/c1-7(2)9(10(11)13)12-6-8-4-3-5-14-8/h7-9,12H,3-6H2,1-2H3,(H2,11,13). The molecule has 1 rings (SSSR count). The Hall–Kier alpha value is -0.610. The highest BCUT2D eigenvalue weighted by Crippen LogP contribution is 2.11. The molecule has 14 heavy (non-hydrogen) atoms. The lowest BCUT2D eigenvalue weighted by molar-refractivity contribution is -0.121. The summed E-state index contributed by atoms with van der Waals surface area (Å²) in [7, 11) is 0. The fourth-order valence-corrected chi connectivity index (χ4v) is 1.73. The zero-order valence-corrected chi connectivity index (χ0v) is 8.95. The Labute approximate surface area is 85.2 Å². The Balaban J connectivity index is 2.28. The van der Waals surface area contributed by atoms with Crippen LogP contribution >= 0.6 is 0 Å². The number of nitrogens with two attached hydrogens (primary N) is 1. The average Bonchev–Trinajstić information content (AvgIpc) is 2.55. The van der Waals surface area contributed by atoms with Gasteiger partial charge in [-0.25, -0.2) is 0 Å². The zero-order valence-electron chi connectivity index (χ0n) is 8.95. The lowest BCUT2D eigenvalue weighted by atomic mass is 10.0. The second-order valence-electron chi connectivity index (χ2n) is 4.17. The normalized spacial score (nSPS) is 24.1. The van der Waals surface area contributed by atoms with Gasteiger partial charge in [-0.3, -0.25) is 4.79 Å². The van der Waals surface area contributed by atoms with E-state index in [1.54, 1.807) is 0 Å². The molecule has 1 amide bonds. The summed E-state index contributed by atoms with van der Waals surface area (Å²) < 4.78 is 5.45. The monoisotopic (exact) mass is 200 g/mol. The van der Waals surface area contributed by atoms with Crippen molar-refractivity contribution in [2.45, 2.75) is 38.8 Å². The molecule has 0 aliphatic carbocycles. The minimum atomic E-state index is -0.280. The maximum absolute atomic E-state index is 11.1. The van der Waals surface area contributed by atoms with Crippen LogP contribution in [0.3, 0.4) is 0 Å². The molecule has 4 heteroatoms. The molecule has 0 bridgehead atoms. The van der Waals surface area contributed by atoms with Crippen LogP contribution in [0.4, 0.5) is 0 Å². The molecule has 0 saturated carbocycles. The first-order valence-corrected chi connectivity index (χ1v) is 5.25. The molecule has 1 fully saturated rings. The minimum Gasteiger partial charge on any atom is -0.377 e. The first-order valence-electron chi connectivity index (χ1n) is 5.25. The largest absolute Gasteiger partial charge is 0.377 e. The molecule has 2 unspecified atom stereocenters. The van der Waals surface area contributed by atoms with Crippen LogP contribution in [0.15, 0.2) is 0 Å². The number of hydrogen-bond donors (Lipinski definition) is 2. The van der Waals surface area contributed by atoms with Gasteiger partial charge >= 0.3 is 0 Å². The first-order chi connectivity index (χ1) is 6.61. The Morgan fingerprint density at radius 3 is 2.79 bits per heavy atom. The number of carbonyl (C=O) groups excluding carboxylic acids is 1. The number of hydrogen-bond acceptors (Lipinski definition) is 3. The van der Waals surface area contributed by atoms with Crippen molar-refractivity contribution in [3.63, 3.8) is 0 Å². The van der Waals surface area contributed by atoms with Crippen molar-refractivity contribution in [2.24, 2.45) is 11.7 Å². The molecular formula is C10H20N2O2. The number of nitrogens with one attached hydrogen (secondary N) is 1. The van der Waals surface area contributed by atoms with Gasteiger partial charge in [0.2, 0.25) is 5.91 Å². The van der Waals surface area contributed by atoms with Crippen molar-refractivity contribution in [2.75, 3.05) is 13.2 Å². The molecule has 82 valence electrons. The third kappa shape index (κ3) is 3.27. The summed E-state index contributed by atoms with van der Waals surface area (Å²) in [4.78, 5) is 11.1. The van der Waals surface area contributed by atoms with Gasteiger partial charge in [-0.05, 0) is 18.8 Å². The van der Waals surface area contributed by atoms with E-state index in [4.69, 9.17) is 10.5 Å². The van der Waals surface area contributed by atoms with Gasteiger partial charge in [-0.15, -0.1) is 0 Å². The number of amides is 1. The fraction of sp³-hybridized carbons (Fsp3) is 0.900. The van der Waals surface area contributed by atoms with E-state index in [1.165, 1.54) is 0 Å². The van der Waals surface area contributed by atoms with Gasteiger partial charge in [0.15, 0.2) is 0 Å². The molecule has 1 aliphatic rings. The summed E-state index contributed by atoms with van der Waals surface area (Å²) in [6.07, 6.45) is 2.46. The van der Waals surface area contributed by atoms with Gasteiger partial charge in [0.05, 0.1) is 12.1 Å². The Morgan fingerprint density at radius 2 is 2.36 bits per heavy atom. The van der Waals surface area contributed by atoms with Crippen LogP contribution in [0.25, 0.3) is 0 Å². The van der Waals surface area contributed by atoms with Crippen molar-refractivity contribution < 1.29 is 9.53 Å². The molecular weight excluding hydrogens is 180 g/mol. The predicted octanol–water partition coefficient (Wildman–Crippen LogP) is 0.265. The van der Waals surface area contributed by atoms with E-state index in [2.05, 4.69) is 5.32 Å². The van der Waals surface area contributed by atoms with E-state index in [-0.39, 0.29) is 24.0 Å². The zero-order chi connectivity index (χ0) is 10.6. The van der Waals surface area contributed by atoms with Crippen LogP contribution in [0.5, 0.6) is 0 Å². The average molecular weight is 200 g/mol. The van der Waals surface area contributed by atoms with Gasteiger partial charge in [-0.2, -0.15) is 0 Å². The predicted molar refractivity (Wildman–Crippen MR) is 54.8 cm³/mol. The molecule has 0 spiro atoms. The molecule has 0 aromatic heterocycles. The number of rotatable bonds is 5.